The molecule has 6 atom stereocenters. The molecule has 0 radical (unpaired) electrons. The highest BCUT2D eigenvalue weighted by Gasteiger charge is 2.22. The molecule has 6 heteroatoms. The molecule has 0 aromatic heterocycles. The maximum Gasteiger partial charge on any atom is 0.0839 e. The fourth-order valence-electron chi connectivity index (χ4n) is 5.17. The van der Waals surface area contributed by atoms with Crippen molar-refractivity contribution in [3.05, 3.63) is 108 Å². The summed E-state index contributed by atoms with van der Waals surface area (Å²) in [5, 5.41) is 0. The van der Waals surface area contributed by atoms with E-state index < -0.39 is 0 Å². The summed E-state index contributed by atoms with van der Waals surface area (Å²) in [5.74, 6) is 0. The maximum atomic E-state index is 5.88. The van der Waals surface area contributed by atoms with Gasteiger partial charge in [0.05, 0.1) is 18.3 Å². The van der Waals surface area contributed by atoms with E-state index in [0.717, 1.165) is 58.3 Å². The Morgan fingerprint density at radius 1 is 0.410 bits per heavy atom. The van der Waals surface area contributed by atoms with E-state index >= 15 is 0 Å². The first-order valence-corrected chi connectivity index (χ1v) is 14.3. The van der Waals surface area contributed by atoms with Gasteiger partial charge in [-0.1, -0.05) is 91.0 Å². The van der Waals surface area contributed by atoms with Crippen molar-refractivity contribution in [1.29, 1.82) is 0 Å². The molecule has 6 N–H and O–H groups in total. The van der Waals surface area contributed by atoms with Crippen molar-refractivity contribution < 1.29 is 14.2 Å². The van der Waals surface area contributed by atoms with E-state index in [4.69, 9.17) is 31.4 Å². The summed E-state index contributed by atoms with van der Waals surface area (Å²) in [6.07, 6.45) is 6.45. The van der Waals surface area contributed by atoms with Gasteiger partial charge in [-0.15, -0.1) is 0 Å². The smallest absolute Gasteiger partial charge is 0.0839 e. The molecule has 3 aliphatic rings. The van der Waals surface area contributed by atoms with Crippen LogP contribution in [0.2, 0.25) is 0 Å². The molecule has 0 aliphatic carbocycles. The first kappa shape index (κ1) is 29.4. The van der Waals surface area contributed by atoms with Crippen LogP contribution in [-0.2, 0) is 14.2 Å². The molecule has 210 valence electrons. The summed E-state index contributed by atoms with van der Waals surface area (Å²) in [6.45, 7) is 2.38. The molecule has 6 rings (SSSR count). The van der Waals surface area contributed by atoms with Crippen molar-refractivity contribution in [1.82, 2.24) is 0 Å². The molecule has 0 amide bonds. The van der Waals surface area contributed by atoms with Crippen molar-refractivity contribution in [2.45, 2.75) is 75.0 Å². The van der Waals surface area contributed by atoms with E-state index in [2.05, 4.69) is 36.4 Å². The van der Waals surface area contributed by atoms with Gasteiger partial charge in [-0.25, -0.2) is 0 Å². The number of benzene rings is 3. The standard InChI is InChI=1S/3C11H15NO/c3*12-10-6-7-13-11(8-10)9-4-2-1-3-5-9/h3*1-5,10-11H,6-8,12H2. The van der Waals surface area contributed by atoms with E-state index in [1.54, 1.807) is 0 Å². The molecule has 3 aromatic rings. The van der Waals surface area contributed by atoms with Crippen LogP contribution in [-0.4, -0.2) is 37.9 Å². The van der Waals surface area contributed by atoms with E-state index in [0.29, 0.717) is 18.1 Å². The van der Waals surface area contributed by atoms with Gasteiger partial charge in [-0.05, 0) is 55.2 Å². The Balaban J connectivity index is 0.000000136. The van der Waals surface area contributed by atoms with Crippen LogP contribution in [0.1, 0.15) is 73.5 Å². The molecular formula is C33H45N3O3. The highest BCUT2D eigenvalue weighted by Crippen LogP contribution is 2.28. The zero-order chi connectivity index (χ0) is 27.3. The highest BCUT2D eigenvalue weighted by molar-refractivity contribution is 5.19. The normalized spacial score (nSPS) is 28.7. The Morgan fingerprint density at radius 3 is 0.897 bits per heavy atom. The minimum atomic E-state index is 0.213. The van der Waals surface area contributed by atoms with Crippen LogP contribution in [0.3, 0.4) is 0 Å². The number of nitrogens with two attached hydrogens (primary N) is 3. The molecule has 0 saturated carbocycles. The lowest BCUT2D eigenvalue weighted by atomic mass is 9.98. The van der Waals surface area contributed by atoms with Gasteiger partial charge in [-0.2, -0.15) is 0 Å². The van der Waals surface area contributed by atoms with Gasteiger partial charge in [-0.3, -0.25) is 0 Å². The van der Waals surface area contributed by atoms with Crippen molar-refractivity contribution in [3.63, 3.8) is 0 Å². The molecule has 3 heterocycles. The minimum absolute atomic E-state index is 0.213. The first-order valence-electron chi connectivity index (χ1n) is 14.3. The van der Waals surface area contributed by atoms with Gasteiger partial charge in [0, 0.05) is 37.9 Å². The Kier molecular flexibility index (Phi) is 12.0. The maximum absolute atomic E-state index is 5.88. The van der Waals surface area contributed by atoms with Crippen LogP contribution >= 0.6 is 0 Å². The van der Waals surface area contributed by atoms with Crippen LogP contribution in [0, 0.1) is 0 Å². The lowest BCUT2D eigenvalue weighted by Gasteiger charge is -2.27. The molecule has 39 heavy (non-hydrogen) atoms. The van der Waals surface area contributed by atoms with E-state index in [-0.39, 0.29) is 18.3 Å². The summed E-state index contributed by atoms with van der Waals surface area (Å²) >= 11 is 0. The predicted molar refractivity (Wildman–Crippen MR) is 157 cm³/mol. The Hall–Kier alpha value is -2.58. The largest absolute Gasteiger partial charge is 0.373 e. The van der Waals surface area contributed by atoms with Crippen LogP contribution in [0.5, 0.6) is 0 Å². The zero-order valence-electron chi connectivity index (χ0n) is 22.9. The van der Waals surface area contributed by atoms with E-state index in [9.17, 15) is 0 Å². The summed E-state index contributed by atoms with van der Waals surface area (Å²) in [7, 11) is 0. The molecule has 3 fully saturated rings. The SMILES string of the molecule is NC1CCOC(c2ccccc2)C1.NC1CCOC(c2ccccc2)C1.NC1CCOC(c2ccccc2)C1. The first-order chi connectivity index (χ1) is 19.1. The van der Waals surface area contributed by atoms with Crippen molar-refractivity contribution >= 4 is 0 Å². The zero-order valence-corrected chi connectivity index (χ0v) is 22.9. The van der Waals surface area contributed by atoms with E-state index in [1.807, 2.05) is 54.6 Å². The Labute approximate surface area is 233 Å². The van der Waals surface area contributed by atoms with Crippen molar-refractivity contribution in [2.75, 3.05) is 19.8 Å². The monoisotopic (exact) mass is 531 g/mol. The number of ether oxygens (including phenoxy) is 3. The van der Waals surface area contributed by atoms with Gasteiger partial charge < -0.3 is 31.4 Å². The van der Waals surface area contributed by atoms with Gasteiger partial charge in [0.1, 0.15) is 0 Å². The topological polar surface area (TPSA) is 106 Å². The fourth-order valence-corrected chi connectivity index (χ4v) is 5.17. The second-order valence-corrected chi connectivity index (χ2v) is 10.7. The summed E-state index contributed by atoms with van der Waals surface area (Å²) in [5.41, 5.74) is 21.4. The molecule has 0 spiro atoms. The summed E-state index contributed by atoms with van der Waals surface area (Å²) in [4.78, 5) is 0. The molecule has 3 aliphatic heterocycles. The highest BCUT2D eigenvalue weighted by atomic mass is 16.5. The van der Waals surface area contributed by atoms with Gasteiger partial charge >= 0.3 is 0 Å². The van der Waals surface area contributed by atoms with Crippen LogP contribution in [0.15, 0.2) is 91.0 Å². The predicted octanol–water partition coefficient (Wildman–Crippen LogP) is 5.60. The fraction of sp³-hybridized carbons (Fsp3) is 0.455. The number of rotatable bonds is 3. The van der Waals surface area contributed by atoms with Crippen LogP contribution < -0.4 is 17.2 Å². The van der Waals surface area contributed by atoms with Crippen molar-refractivity contribution in [3.8, 4) is 0 Å². The molecule has 6 nitrogen and oxygen atoms in total. The molecular weight excluding hydrogens is 486 g/mol. The lowest BCUT2D eigenvalue weighted by Crippen LogP contribution is -2.30. The average molecular weight is 532 g/mol. The van der Waals surface area contributed by atoms with Crippen LogP contribution in [0.4, 0.5) is 0 Å². The minimum Gasteiger partial charge on any atom is -0.373 e. The molecule has 3 aromatic carbocycles. The lowest BCUT2D eigenvalue weighted by molar-refractivity contribution is 0.00653. The summed E-state index contributed by atoms with van der Waals surface area (Å²) in [6, 6.07) is 31.8. The second-order valence-electron chi connectivity index (χ2n) is 10.7. The third kappa shape index (κ3) is 9.84. The average Bonchev–Trinajstić information content (AvgIpc) is 2.99. The molecule has 0 bridgehead atoms. The summed E-state index contributed by atoms with van der Waals surface area (Å²) < 4.78 is 17.0. The third-order valence-electron chi connectivity index (χ3n) is 7.49. The molecule has 6 unspecified atom stereocenters. The Morgan fingerprint density at radius 2 is 0.667 bits per heavy atom. The number of hydrogen-bond donors (Lipinski definition) is 3. The van der Waals surface area contributed by atoms with Gasteiger partial charge in [0.15, 0.2) is 0 Å². The van der Waals surface area contributed by atoms with Gasteiger partial charge in [0.25, 0.3) is 0 Å². The third-order valence-corrected chi connectivity index (χ3v) is 7.49. The second kappa shape index (κ2) is 15.9. The quantitative estimate of drug-likeness (QED) is 0.406. The Bertz CT molecular complexity index is 917. The number of hydrogen-bond acceptors (Lipinski definition) is 6. The van der Waals surface area contributed by atoms with Crippen LogP contribution in [0.25, 0.3) is 0 Å². The van der Waals surface area contributed by atoms with E-state index in [1.165, 1.54) is 16.7 Å². The van der Waals surface area contributed by atoms with Crippen molar-refractivity contribution in [2.24, 2.45) is 17.2 Å². The van der Waals surface area contributed by atoms with Gasteiger partial charge in [0.2, 0.25) is 0 Å². The molecule has 3 saturated heterocycles.